The zero-order valence-electron chi connectivity index (χ0n) is 38.0. The van der Waals surface area contributed by atoms with E-state index >= 15 is 0 Å². The highest BCUT2D eigenvalue weighted by Gasteiger charge is 2.46. The zero-order chi connectivity index (χ0) is 44.8. The molecule has 0 aromatic carbocycles. The molecule has 0 radical (unpaired) electrons. The van der Waals surface area contributed by atoms with Crippen molar-refractivity contribution >= 4 is 22.1 Å². The van der Waals surface area contributed by atoms with Crippen LogP contribution in [0.15, 0.2) is 36.5 Å². The first-order chi connectivity index (χ1) is 29.5. The van der Waals surface area contributed by atoms with E-state index in [1.807, 2.05) is 6.08 Å². The van der Waals surface area contributed by atoms with Gasteiger partial charge >= 0.3 is 11.9 Å². The number of rotatable bonds is 40. The number of unbranched alkanes of at least 4 members (excludes halogenated alkanes) is 22. The molecule has 1 fully saturated rings. The molecule has 1 rings (SSSR count). The molecule has 61 heavy (non-hydrogen) atoms. The molecule has 0 amide bonds. The van der Waals surface area contributed by atoms with Crippen molar-refractivity contribution in [1.82, 2.24) is 0 Å². The Morgan fingerprint density at radius 1 is 0.557 bits per heavy atom. The van der Waals surface area contributed by atoms with Gasteiger partial charge in [-0.15, -0.1) is 0 Å². The second-order valence-corrected chi connectivity index (χ2v) is 18.3. The Labute approximate surface area is 370 Å². The molecule has 4 N–H and O–H groups in total. The van der Waals surface area contributed by atoms with Crippen LogP contribution < -0.4 is 0 Å². The number of aliphatic hydroxyl groups excluding tert-OH is 3. The van der Waals surface area contributed by atoms with Gasteiger partial charge in [0.05, 0.1) is 6.61 Å². The molecule has 0 spiro atoms. The molecule has 1 saturated heterocycles. The number of carbonyl (C=O) groups is 2. The van der Waals surface area contributed by atoms with Crippen LogP contribution in [0.2, 0.25) is 0 Å². The average molecular weight is 887 g/mol. The molecule has 2 unspecified atom stereocenters. The summed E-state index contributed by atoms with van der Waals surface area (Å²) in [7, 11) is -4.61. The number of carbonyl (C=O) groups excluding carboxylic acids is 2. The minimum atomic E-state index is -4.61. The minimum Gasteiger partial charge on any atom is -0.462 e. The summed E-state index contributed by atoms with van der Waals surface area (Å²) >= 11 is 0. The molecule has 0 saturated carbocycles. The lowest BCUT2D eigenvalue weighted by Crippen LogP contribution is -2.60. The Kier molecular flexibility index (Phi) is 35.8. The minimum absolute atomic E-state index is 0.149. The molecule has 356 valence electrons. The maximum absolute atomic E-state index is 12.8. The fraction of sp³-hybridized carbons (Fsp3) is 0.833. The molecule has 12 nitrogen and oxygen atoms in total. The van der Waals surface area contributed by atoms with Crippen LogP contribution in [0.5, 0.6) is 0 Å². The van der Waals surface area contributed by atoms with Gasteiger partial charge in [0.1, 0.15) is 36.8 Å². The summed E-state index contributed by atoms with van der Waals surface area (Å²) in [4.78, 5) is 25.4. The van der Waals surface area contributed by atoms with Crippen LogP contribution in [0, 0.1) is 0 Å². The first kappa shape index (κ1) is 56.9. The molecule has 1 aliphatic rings. The fourth-order valence-electron chi connectivity index (χ4n) is 7.22. The Balaban J connectivity index is 2.45. The van der Waals surface area contributed by atoms with Crippen LogP contribution in [-0.2, 0) is 38.7 Å². The van der Waals surface area contributed by atoms with Crippen LogP contribution >= 0.6 is 0 Å². The number of ether oxygens (including phenoxy) is 4. The standard InChI is InChI=1S/C48H86O12S/c1-3-5-7-9-11-13-15-17-19-21-23-24-26-28-30-32-34-36-43(49)57-38-41(39-58-48-47(53)46(52)45(51)42(60-48)40-61(54,55)56)59-44(50)37-35-33-31-29-27-25-22-20-18-16-14-12-10-8-6-4-2/h17,19,23-24,28,30,41-42,45-48,51-53H,3-16,18,20-22,25-27,29,31-40H2,1-2H3,(H,54,55,56)/b19-17+,24-23+,30-28+/t41-,42-,45-,46?,47?,48+/m1/s1. The van der Waals surface area contributed by atoms with E-state index in [9.17, 15) is 37.9 Å². The molecule has 1 aliphatic heterocycles. The normalized spacial score (nSPS) is 20.3. The van der Waals surface area contributed by atoms with Crippen molar-refractivity contribution in [2.24, 2.45) is 0 Å². The highest BCUT2D eigenvalue weighted by molar-refractivity contribution is 7.85. The topological polar surface area (TPSA) is 186 Å². The van der Waals surface area contributed by atoms with Gasteiger partial charge in [-0.05, 0) is 44.9 Å². The predicted molar refractivity (Wildman–Crippen MR) is 243 cm³/mol. The van der Waals surface area contributed by atoms with Crippen molar-refractivity contribution in [3.63, 3.8) is 0 Å². The molecular weight excluding hydrogens is 801 g/mol. The van der Waals surface area contributed by atoms with Gasteiger partial charge in [0.25, 0.3) is 10.1 Å². The zero-order valence-corrected chi connectivity index (χ0v) is 38.8. The molecule has 0 aromatic rings. The number of aliphatic hydroxyl groups is 3. The lowest BCUT2D eigenvalue weighted by atomic mass is 10.00. The van der Waals surface area contributed by atoms with Crippen molar-refractivity contribution in [2.45, 2.75) is 237 Å². The van der Waals surface area contributed by atoms with Crippen LogP contribution in [0.25, 0.3) is 0 Å². The first-order valence-electron chi connectivity index (χ1n) is 24.0. The summed E-state index contributed by atoms with van der Waals surface area (Å²) in [6.07, 6.45) is 34.8. The quantitative estimate of drug-likeness (QED) is 0.0198. The number of hydrogen-bond acceptors (Lipinski definition) is 11. The van der Waals surface area contributed by atoms with Gasteiger partial charge in [-0.3, -0.25) is 14.1 Å². The summed E-state index contributed by atoms with van der Waals surface area (Å²) in [6, 6.07) is 0. The Bertz CT molecular complexity index is 1270. The second kappa shape index (κ2) is 38.3. The highest BCUT2D eigenvalue weighted by Crippen LogP contribution is 2.24. The Hall–Kier alpha value is -2.13. The lowest BCUT2D eigenvalue weighted by molar-refractivity contribution is -0.297. The van der Waals surface area contributed by atoms with E-state index < -0.39 is 71.2 Å². The maximum Gasteiger partial charge on any atom is 0.306 e. The van der Waals surface area contributed by atoms with Gasteiger partial charge in [-0.2, -0.15) is 8.42 Å². The van der Waals surface area contributed by atoms with E-state index in [1.54, 1.807) is 0 Å². The van der Waals surface area contributed by atoms with Crippen LogP contribution in [0.1, 0.15) is 200 Å². The van der Waals surface area contributed by atoms with Gasteiger partial charge < -0.3 is 34.3 Å². The fourth-order valence-corrected chi connectivity index (χ4v) is 7.91. The van der Waals surface area contributed by atoms with Gasteiger partial charge in [0.15, 0.2) is 12.4 Å². The second-order valence-electron chi connectivity index (χ2n) is 16.8. The van der Waals surface area contributed by atoms with Crippen LogP contribution in [0.4, 0.5) is 0 Å². The average Bonchev–Trinajstić information content (AvgIpc) is 3.22. The summed E-state index contributed by atoms with van der Waals surface area (Å²) in [5.74, 6) is -2.04. The molecule has 0 bridgehead atoms. The largest absolute Gasteiger partial charge is 0.462 e. The van der Waals surface area contributed by atoms with Crippen LogP contribution in [0.3, 0.4) is 0 Å². The van der Waals surface area contributed by atoms with Gasteiger partial charge in [0.2, 0.25) is 0 Å². The number of hydrogen-bond donors (Lipinski definition) is 4. The van der Waals surface area contributed by atoms with Crippen LogP contribution in [-0.4, -0.2) is 96.0 Å². The monoisotopic (exact) mass is 887 g/mol. The van der Waals surface area contributed by atoms with Crippen molar-refractivity contribution in [3.8, 4) is 0 Å². The van der Waals surface area contributed by atoms with Gasteiger partial charge in [-0.1, -0.05) is 179 Å². The molecule has 1 heterocycles. The molecule has 6 atom stereocenters. The highest BCUT2D eigenvalue weighted by atomic mass is 32.2. The van der Waals surface area contributed by atoms with Crippen molar-refractivity contribution in [1.29, 1.82) is 0 Å². The molecular formula is C48H86O12S. The molecule has 0 aliphatic carbocycles. The van der Waals surface area contributed by atoms with E-state index in [2.05, 4.69) is 44.2 Å². The SMILES string of the molecule is CCCCCCCC/C=C/C/C=C/C/C=C/CCCC(=O)OC[C@H](CO[C@H]1O[C@H](CS(=O)(=O)O)[C@@H](O)C(O)C1O)OC(=O)CCCCCCCCCCCCCCCCCC. The third kappa shape index (κ3) is 33.1. The summed E-state index contributed by atoms with van der Waals surface area (Å²) in [5.41, 5.74) is 0. The maximum atomic E-state index is 12.8. The summed E-state index contributed by atoms with van der Waals surface area (Å²) in [5, 5.41) is 30.9. The first-order valence-corrected chi connectivity index (χ1v) is 25.7. The third-order valence-corrected chi connectivity index (χ3v) is 11.7. The summed E-state index contributed by atoms with van der Waals surface area (Å²) < 4.78 is 54.1. The third-order valence-electron chi connectivity index (χ3n) is 11.0. The van der Waals surface area contributed by atoms with E-state index in [0.717, 1.165) is 38.5 Å². The Morgan fingerprint density at radius 2 is 1.00 bits per heavy atom. The van der Waals surface area contributed by atoms with Crippen molar-refractivity contribution in [2.75, 3.05) is 19.0 Å². The number of allylic oxidation sites excluding steroid dienone is 6. The van der Waals surface area contributed by atoms with E-state index in [-0.39, 0.29) is 19.4 Å². The van der Waals surface area contributed by atoms with Gasteiger partial charge in [-0.25, -0.2) is 0 Å². The Morgan fingerprint density at radius 3 is 1.51 bits per heavy atom. The van der Waals surface area contributed by atoms with Crippen molar-refractivity contribution in [3.05, 3.63) is 36.5 Å². The number of esters is 2. The smallest absolute Gasteiger partial charge is 0.306 e. The van der Waals surface area contributed by atoms with E-state index in [4.69, 9.17) is 18.9 Å². The van der Waals surface area contributed by atoms with Crippen molar-refractivity contribution < 1.29 is 56.8 Å². The van der Waals surface area contributed by atoms with E-state index in [1.165, 1.54) is 116 Å². The molecule has 0 aromatic heterocycles. The lowest BCUT2D eigenvalue weighted by Gasteiger charge is -2.40. The predicted octanol–water partition coefficient (Wildman–Crippen LogP) is 10.2. The van der Waals surface area contributed by atoms with Gasteiger partial charge in [0, 0.05) is 12.8 Å². The van der Waals surface area contributed by atoms with E-state index in [0.29, 0.717) is 19.3 Å². The summed E-state index contributed by atoms with van der Waals surface area (Å²) in [6.45, 7) is 3.73. The molecule has 13 heteroatoms.